The Balaban J connectivity index is 1.86. The number of nitrogens with zero attached hydrogens (tertiary/aromatic N) is 3. The summed E-state index contributed by atoms with van der Waals surface area (Å²) in [5.41, 5.74) is 2.45. The summed E-state index contributed by atoms with van der Waals surface area (Å²) in [6, 6.07) is 9.23. The molecule has 1 N–H and O–H groups in total. The number of aliphatic hydroxyl groups excluding tert-OH is 1. The molecule has 1 aliphatic heterocycles. The van der Waals surface area contributed by atoms with Gasteiger partial charge in [-0.1, -0.05) is 18.2 Å². The first-order valence-corrected chi connectivity index (χ1v) is 7.17. The molecule has 3 rings (SSSR count). The number of hydrogen-bond donors (Lipinski definition) is 1. The van der Waals surface area contributed by atoms with Crippen molar-refractivity contribution in [3.05, 3.63) is 57.5 Å². The van der Waals surface area contributed by atoms with E-state index < -0.39 is 6.61 Å². The highest BCUT2D eigenvalue weighted by Crippen LogP contribution is 2.27. The number of aromatic nitrogens is 2. The number of para-hydroxylation sites is 1. The van der Waals surface area contributed by atoms with Gasteiger partial charge in [-0.25, -0.2) is 0 Å². The molecule has 22 heavy (non-hydrogen) atoms. The number of carbonyl (C=O) groups is 1. The quantitative estimate of drug-likeness (QED) is 0.902. The number of anilines is 1. The van der Waals surface area contributed by atoms with Gasteiger partial charge in [-0.15, -0.1) is 0 Å². The Bertz CT molecular complexity index is 782. The lowest BCUT2D eigenvalue weighted by Gasteiger charge is -2.19. The second kappa shape index (κ2) is 5.73. The summed E-state index contributed by atoms with van der Waals surface area (Å²) in [4.78, 5) is 25.9. The van der Waals surface area contributed by atoms with Gasteiger partial charge in [0.15, 0.2) is 0 Å². The summed E-state index contributed by atoms with van der Waals surface area (Å²) >= 11 is 0. The molecule has 1 aliphatic rings. The smallest absolute Gasteiger partial charge is 0.248 e. The summed E-state index contributed by atoms with van der Waals surface area (Å²) in [5, 5.41) is 13.2. The van der Waals surface area contributed by atoms with Gasteiger partial charge < -0.3 is 10.0 Å². The molecule has 0 saturated carbocycles. The summed E-state index contributed by atoms with van der Waals surface area (Å²) < 4.78 is 1.47. The molecular weight excluding hydrogens is 282 g/mol. The van der Waals surface area contributed by atoms with E-state index in [1.54, 1.807) is 11.8 Å². The minimum atomic E-state index is -0.431. The fraction of sp³-hybridized carbons (Fsp3) is 0.312. The predicted octanol–water partition coefficient (Wildman–Crippen LogP) is 0.633. The number of fused-ring (bicyclic) bond motifs is 1. The monoisotopic (exact) mass is 299 g/mol. The van der Waals surface area contributed by atoms with Gasteiger partial charge in [-0.05, 0) is 25.0 Å². The number of aryl methyl sites for hydroxylation is 1. The number of rotatable bonds is 3. The second-order valence-corrected chi connectivity index (χ2v) is 5.34. The first-order valence-electron chi connectivity index (χ1n) is 7.17. The highest BCUT2D eigenvalue weighted by molar-refractivity contribution is 5.95. The van der Waals surface area contributed by atoms with Crippen LogP contribution in [0.1, 0.15) is 17.0 Å². The van der Waals surface area contributed by atoms with Gasteiger partial charge in [0.2, 0.25) is 11.3 Å². The van der Waals surface area contributed by atoms with Crippen molar-refractivity contribution in [2.75, 3.05) is 11.4 Å². The third-order valence-electron chi connectivity index (χ3n) is 3.90. The first-order chi connectivity index (χ1) is 10.6. The Kier molecular flexibility index (Phi) is 3.77. The molecule has 0 unspecified atom stereocenters. The van der Waals surface area contributed by atoms with E-state index in [2.05, 4.69) is 5.10 Å². The summed E-state index contributed by atoms with van der Waals surface area (Å²) in [7, 11) is 0. The van der Waals surface area contributed by atoms with Gasteiger partial charge in [-0.3, -0.25) is 14.3 Å². The SMILES string of the molecule is Cc1cc(=O)c(CO)nn1CC(=O)N1CCc2ccccc21. The van der Waals surface area contributed by atoms with Crippen LogP contribution in [0.2, 0.25) is 0 Å². The molecule has 0 radical (unpaired) electrons. The number of amides is 1. The summed E-state index contributed by atoms with van der Waals surface area (Å²) in [6.07, 6.45) is 0.848. The average Bonchev–Trinajstić information content (AvgIpc) is 2.94. The van der Waals surface area contributed by atoms with Crippen LogP contribution in [0.5, 0.6) is 0 Å². The molecule has 6 heteroatoms. The number of benzene rings is 1. The number of hydrogen-bond acceptors (Lipinski definition) is 4. The molecule has 6 nitrogen and oxygen atoms in total. The fourth-order valence-corrected chi connectivity index (χ4v) is 2.70. The molecule has 114 valence electrons. The minimum absolute atomic E-state index is 0.0491. The summed E-state index contributed by atoms with van der Waals surface area (Å²) in [5.74, 6) is -0.0758. The van der Waals surface area contributed by atoms with Crippen molar-refractivity contribution in [2.24, 2.45) is 0 Å². The van der Waals surface area contributed by atoms with E-state index in [4.69, 9.17) is 5.11 Å². The summed E-state index contributed by atoms with van der Waals surface area (Å²) in [6.45, 7) is 2.00. The van der Waals surface area contributed by atoms with Crippen molar-refractivity contribution in [3.8, 4) is 0 Å². The van der Waals surface area contributed by atoms with Gasteiger partial charge >= 0.3 is 0 Å². The van der Waals surface area contributed by atoms with Gasteiger partial charge in [-0.2, -0.15) is 5.10 Å². The third-order valence-corrected chi connectivity index (χ3v) is 3.90. The normalized spacial score (nSPS) is 13.3. The molecule has 0 atom stereocenters. The molecular formula is C16H17N3O3. The molecule has 1 aromatic carbocycles. The lowest BCUT2D eigenvalue weighted by atomic mass is 10.2. The van der Waals surface area contributed by atoms with Crippen molar-refractivity contribution in [1.29, 1.82) is 0 Å². The molecule has 0 bridgehead atoms. The average molecular weight is 299 g/mol. The molecule has 1 amide bonds. The van der Waals surface area contributed by atoms with Gasteiger partial charge in [0.25, 0.3) is 0 Å². The van der Waals surface area contributed by atoms with Gasteiger partial charge in [0, 0.05) is 24.0 Å². The highest BCUT2D eigenvalue weighted by atomic mass is 16.3. The lowest BCUT2D eigenvalue weighted by molar-refractivity contribution is -0.119. The Labute approximate surface area is 127 Å². The van der Waals surface area contributed by atoms with Crippen molar-refractivity contribution in [1.82, 2.24) is 9.78 Å². The van der Waals surface area contributed by atoms with Crippen molar-refractivity contribution in [2.45, 2.75) is 26.5 Å². The zero-order valence-corrected chi connectivity index (χ0v) is 12.3. The molecule has 1 aromatic heterocycles. The van der Waals surface area contributed by atoms with E-state index in [1.165, 1.54) is 10.7 Å². The molecule has 0 fully saturated rings. The van der Waals surface area contributed by atoms with E-state index in [1.807, 2.05) is 24.3 Å². The number of carbonyl (C=O) groups excluding carboxylic acids is 1. The zero-order chi connectivity index (χ0) is 15.7. The first kappa shape index (κ1) is 14.5. The minimum Gasteiger partial charge on any atom is -0.390 e. The molecule has 2 aromatic rings. The Morgan fingerprint density at radius 1 is 1.36 bits per heavy atom. The van der Waals surface area contributed by atoms with Crippen LogP contribution in [0.25, 0.3) is 0 Å². The largest absolute Gasteiger partial charge is 0.390 e. The van der Waals surface area contributed by atoms with Crippen molar-refractivity contribution >= 4 is 11.6 Å². The number of aliphatic hydroxyl groups is 1. The molecule has 0 spiro atoms. The van der Waals surface area contributed by atoms with Crippen molar-refractivity contribution < 1.29 is 9.90 Å². The topological polar surface area (TPSA) is 75.4 Å². The van der Waals surface area contributed by atoms with Crippen LogP contribution in [-0.4, -0.2) is 27.3 Å². The Hall–Kier alpha value is -2.47. The Morgan fingerprint density at radius 3 is 2.91 bits per heavy atom. The van der Waals surface area contributed by atoms with Crippen LogP contribution in [0.15, 0.2) is 35.1 Å². The lowest BCUT2D eigenvalue weighted by Crippen LogP contribution is -2.34. The van der Waals surface area contributed by atoms with Crippen molar-refractivity contribution in [3.63, 3.8) is 0 Å². The van der Waals surface area contributed by atoms with Crippen LogP contribution in [0.4, 0.5) is 5.69 Å². The van der Waals surface area contributed by atoms with E-state index >= 15 is 0 Å². The third kappa shape index (κ3) is 2.53. The van der Waals surface area contributed by atoms with E-state index in [9.17, 15) is 9.59 Å². The molecule has 0 aliphatic carbocycles. The second-order valence-electron chi connectivity index (χ2n) is 5.34. The van der Waals surface area contributed by atoms with Gasteiger partial charge in [0.05, 0.1) is 6.61 Å². The maximum absolute atomic E-state index is 12.5. The van der Waals surface area contributed by atoms with E-state index in [0.29, 0.717) is 12.2 Å². The maximum Gasteiger partial charge on any atom is 0.248 e. The Morgan fingerprint density at radius 2 is 2.14 bits per heavy atom. The molecule has 0 saturated heterocycles. The van der Waals surface area contributed by atoms with E-state index in [0.717, 1.165) is 17.7 Å². The predicted molar refractivity (Wildman–Crippen MR) is 81.7 cm³/mol. The van der Waals surface area contributed by atoms with Crippen LogP contribution in [-0.2, 0) is 24.4 Å². The zero-order valence-electron chi connectivity index (χ0n) is 12.3. The van der Waals surface area contributed by atoms with Gasteiger partial charge in [0.1, 0.15) is 12.2 Å². The highest BCUT2D eigenvalue weighted by Gasteiger charge is 2.24. The van der Waals surface area contributed by atoms with Crippen LogP contribution >= 0.6 is 0 Å². The van der Waals surface area contributed by atoms with Crippen LogP contribution in [0.3, 0.4) is 0 Å². The standard InChI is InChI=1S/C16H17N3O3/c1-11-8-15(21)13(10-20)17-19(11)9-16(22)18-7-6-12-4-2-3-5-14(12)18/h2-5,8,20H,6-7,9-10H2,1H3. The van der Waals surface area contributed by atoms with Crippen LogP contribution < -0.4 is 10.3 Å². The maximum atomic E-state index is 12.5. The molecule has 2 heterocycles. The fourth-order valence-electron chi connectivity index (χ4n) is 2.70. The van der Waals surface area contributed by atoms with Crippen LogP contribution in [0, 0.1) is 6.92 Å². The van der Waals surface area contributed by atoms with E-state index in [-0.39, 0.29) is 23.6 Å².